The summed E-state index contributed by atoms with van der Waals surface area (Å²) >= 11 is 0. The van der Waals surface area contributed by atoms with Crippen LogP contribution in [0.15, 0.2) is 43.2 Å². The summed E-state index contributed by atoms with van der Waals surface area (Å²) < 4.78 is 0. The number of amides is 1. The summed E-state index contributed by atoms with van der Waals surface area (Å²) in [5.41, 5.74) is 6.89. The van der Waals surface area contributed by atoms with Gasteiger partial charge in [0.2, 0.25) is 0 Å². The van der Waals surface area contributed by atoms with E-state index in [0.29, 0.717) is 23.3 Å². The van der Waals surface area contributed by atoms with Crippen LogP contribution in [0.25, 0.3) is 6.08 Å². The lowest BCUT2D eigenvalue weighted by atomic mass is 9.94. The molecule has 2 N–H and O–H groups in total. The fourth-order valence-electron chi connectivity index (χ4n) is 2.56. The van der Waals surface area contributed by atoms with E-state index in [1.165, 1.54) is 18.8 Å². The topological polar surface area (TPSA) is 105 Å². The van der Waals surface area contributed by atoms with E-state index in [1.807, 2.05) is 18.2 Å². The molecule has 0 radical (unpaired) electrons. The molecular formula is C14H10N6O. The number of benzene rings is 1. The van der Waals surface area contributed by atoms with E-state index in [9.17, 15) is 4.79 Å². The first-order valence-corrected chi connectivity index (χ1v) is 6.39. The molecule has 0 fully saturated rings. The summed E-state index contributed by atoms with van der Waals surface area (Å²) in [5, 5.41) is 1.49. The van der Waals surface area contributed by atoms with Crippen molar-refractivity contribution in [3.05, 3.63) is 34.3 Å². The predicted molar refractivity (Wildman–Crippen MR) is 79.2 cm³/mol. The molecule has 0 bridgehead atoms. The lowest BCUT2D eigenvalue weighted by Gasteiger charge is -2.26. The zero-order chi connectivity index (χ0) is 14.4. The fourth-order valence-corrected chi connectivity index (χ4v) is 2.56. The summed E-state index contributed by atoms with van der Waals surface area (Å²) in [5.74, 6) is 0.272. The molecule has 1 amide bonds. The molecule has 0 saturated heterocycles. The maximum absolute atomic E-state index is 11.3. The minimum atomic E-state index is -0.985. The van der Waals surface area contributed by atoms with Gasteiger partial charge in [0.15, 0.2) is 11.5 Å². The first-order chi connectivity index (χ1) is 10.1. The van der Waals surface area contributed by atoms with E-state index in [-0.39, 0.29) is 5.91 Å². The molecule has 1 atom stereocenters. The van der Waals surface area contributed by atoms with Crippen molar-refractivity contribution in [1.29, 1.82) is 0 Å². The first-order valence-electron chi connectivity index (χ1n) is 6.39. The molecule has 4 rings (SSSR count). The molecule has 21 heavy (non-hydrogen) atoms. The summed E-state index contributed by atoms with van der Waals surface area (Å²) in [6.45, 7) is 0. The Morgan fingerprint density at radius 1 is 1.19 bits per heavy atom. The third-order valence-corrected chi connectivity index (χ3v) is 3.53. The van der Waals surface area contributed by atoms with Crippen LogP contribution in [0.3, 0.4) is 0 Å². The molecule has 7 heteroatoms. The van der Waals surface area contributed by atoms with Gasteiger partial charge in [-0.05, 0) is 17.7 Å². The Bertz CT molecular complexity index is 908. The molecule has 3 aliphatic heterocycles. The largest absolute Gasteiger partial charge is 0.302 e. The summed E-state index contributed by atoms with van der Waals surface area (Å²) in [7, 11) is 0. The van der Waals surface area contributed by atoms with Crippen molar-refractivity contribution < 1.29 is 4.79 Å². The van der Waals surface area contributed by atoms with Gasteiger partial charge in [-0.2, -0.15) is 0 Å². The van der Waals surface area contributed by atoms with Gasteiger partial charge in [0.25, 0.3) is 5.91 Å². The highest BCUT2D eigenvalue weighted by Gasteiger charge is 2.37. The van der Waals surface area contributed by atoms with Gasteiger partial charge in [-0.25, -0.2) is 25.0 Å². The maximum Gasteiger partial charge on any atom is 0.270 e. The van der Waals surface area contributed by atoms with Crippen molar-refractivity contribution in [2.45, 2.75) is 12.1 Å². The number of nitrogens with two attached hydrogens (primary N) is 1. The van der Waals surface area contributed by atoms with Crippen LogP contribution in [0.4, 0.5) is 0 Å². The molecule has 1 aromatic rings. The van der Waals surface area contributed by atoms with E-state index in [1.54, 1.807) is 0 Å². The minimum Gasteiger partial charge on any atom is -0.302 e. The Labute approximate surface area is 119 Å². The SMILES string of the molecule is NC1(Cc2ccc3c(c2)=CC(=O)N=3)N=CN=C2N=CN=C21. The highest BCUT2D eigenvalue weighted by molar-refractivity contribution is 6.50. The summed E-state index contributed by atoms with van der Waals surface area (Å²) in [6.07, 6.45) is 4.79. The molecule has 0 aromatic heterocycles. The van der Waals surface area contributed by atoms with E-state index in [2.05, 4.69) is 25.0 Å². The zero-order valence-corrected chi connectivity index (χ0v) is 10.9. The monoisotopic (exact) mass is 278 g/mol. The molecule has 1 aromatic carbocycles. The van der Waals surface area contributed by atoms with Gasteiger partial charge < -0.3 is 5.73 Å². The lowest BCUT2D eigenvalue weighted by Crippen LogP contribution is -2.52. The van der Waals surface area contributed by atoms with Gasteiger partial charge in [0, 0.05) is 17.7 Å². The Morgan fingerprint density at radius 3 is 3.00 bits per heavy atom. The van der Waals surface area contributed by atoms with Gasteiger partial charge in [-0.1, -0.05) is 6.07 Å². The second kappa shape index (κ2) is 4.10. The summed E-state index contributed by atoms with van der Waals surface area (Å²) in [6, 6.07) is 5.60. The Morgan fingerprint density at radius 2 is 2.10 bits per heavy atom. The van der Waals surface area contributed by atoms with Crippen LogP contribution >= 0.6 is 0 Å². The molecule has 7 nitrogen and oxygen atoms in total. The molecule has 1 unspecified atom stereocenters. The number of carbonyl (C=O) groups is 1. The quantitative estimate of drug-likeness (QED) is 0.730. The Kier molecular flexibility index (Phi) is 2.34. The third kappa shape index (κ3) is 1.86. The van der Waals surface area contributed by atoms with Crippen molar-refractivity contribution in [2.75, 3.05) is 0 Å². The number of fused-ring (bicyclic) bond motifs is 2. The van der Waals surface area contributed by atoms with Crippen molar-refractivity contribution in [1.82, 2.24) is 0 Å². The number of hydrogen-bond acceptors (Lipinski definition) is 6. The van der Waals surface area contributed by atoms with Crippen LogP contribution in [-0.4, -0.2) is 35.8 Å². The van der Waals surface area contributed by atoms with E-state index in [4.69, 9.17) is 5.73 Å². The van der Waals surface area contributed by atoms with Crippen molar-refractivity contribution >= 4 is 36.2 Å². The van der Waals surface area contributed by atoms with Gasteiger partial charge in [0.05, 0.1) is 5.36 Å². The Balaban J connectivity index is 1.72. The van der Waals surface area contributed by atoms with Crippen LogP contribution in [0, 0.1) is 0 Å². The van der Waals surface area contributed by atoms with Crippen LogP contribution in [-0.2, 0) is 11.2 Å². The fraction of sp³-hybridized carbons (Fsp3) is 0.143. The van der Waals surface area contributed by atoms with Crippen LogP contribution < -0.4 is 16.3 Å². The lowest BCUT2D eigenvalue weighted by molar-refractivity contribution is -0.112. The number of nitrogens with zero attached hydrogens (tertiary/aromatic N) is 5. The van der Waals surface area contributed by atoms with Crippen LogP contribution in [0.2, 0.25) is 0 Å². The predicted octanol–water partition coefficient (Wildman–Crippen LogP) is -1.25. The van der Waals surface area contributed by atoms with E-state index in [0.717, 1.165) is 10.8 Å². The second-order valence-electron chi connectivity index (χ2n) is 5.01. The maximum atomic E-state index is 11.3. The summed E-state index contributed by atoms with van der Waals surface area (Å²) in [4.78, 5) is 31.7. The first kappa shape index (κ1) is 12.0. The van der Waals surface area contributed by atoms with Crippen LogP contribution in [0.5, 0.6) is 0 Å². The van der Waals surface area contributed by atoms with E-state index >= 15 is 0 Å². The van der Waals surface area contributed by atoms with Gasteiger partial charge in [0.1, 0.15) is 18.4 Å². The molecule has 102 valence electrons. The third-order valence-electron chi connectivity index (χ3n) is 3.53. The van der Waals surface area contributed by atoms with Crippen molar-refractivity contribution in [3.8, 4) is 0 Å². The van der Waals surface area contributed by atoms with E-state index < -0.39 is 5.66 Å². The van der Waals surface area contributed by atoms with Gasteiger partial charge in [-0.15, -0.1) is 0 Å². The second-order valence-corrected chi connectivity index (χ2v) is 5.01. The highest BCUT2D eigenvalue weighted by atomic mass is 16.1. The normalized spacial score (nSPS) is 24.9. The minimum absolute atomic E-state index is 0.233. The molecular weight excluding hydrogens is 268 g/mol. The Hall–Kier alpha value is -2.80. The van der Waals surface area contributed by atoms with Gasteiger partial charge in [-0.3, -0.25) is 4.79 Å². The smallest absolute Gasteiger partial charge is 0.270 e. The number of rotatable bonds is 2. The van der Waals surface area contributed by atoms with Crippen molar-refractivity contribution in [3.63, 3.8) is 0 Å². The molecule has 0 aliphatic carbocycles. The highest BCUT2D eigenvalue weighted by Crippen LogP contribution is 2.19. The van der Waals surface area contributed by atoms with Crippen molar-refractivity contribution in [2.24, 2.45) is 30.7 Å². The molecule has 0 spiro atoms. The molecule has 0 saturated carbocycles. The number of carbonyl (C=O) groups excluding carboxylic acids is 1. The number of amidine groups is 1. The van der Waals surface area contributed by atoms with Crippen LogP contribution in [0.1, 0.15) is 5.56 Å². The molecule has 3 aliphatic rings. The van der Waals surface area contributed by atoms with Gasteiger partial charge >= 0.3 is 0 Å². The standard InChI is InChI=1S/C14H10N6O/c15-14(12-13(17-6-16-12)18-7-19-14)5-8-1-2-10-9(3-8)4-11(21)20-10/h1-4,6-7H,5,15H2. The number of aliphatic imine (C=N–C) groups is 4. The number of hydrogen-bond donors (Lipinski definition) is 1. The zero-order valence-electron chi connectivity index (χ0n) is 10.9. The average Bonchev–Trinajstić information content (AvgIpc) is 3.04. The molecule has 3 heterocycles. The average molecular weight is 278 g/mol.